The highest BCUT2D eigenvalue weighted by Gasteiger charge is 2.24. The highest BCUT2D eigenvalue weighted by atomic mass is 32.1. The monoisotopic (exact) mass is 331 g/mol. The molecule has 0 fully saturated rings. The predicted octanol–water partition coefficient (Wildman–Crippen LogP) is 2.51. The standard InChI is InChI=1S/C17H17NO4S/c1-17(20,15-3-2-8-23-15)10-18-16(19)7-5-12-4-6-13-14(9-12)22-11-21-13/h2-9,20H,10-11H2,1H3,(H,18,19). The van der Waals surface area contributed by atoms with Crippen molar-refractivity contribution >= 4 is 23.3 Å². The molecule has 1 unspecified atom stereocenters. The van der Waals surface area contributed by atoms with E-state index in [1.54, 1.807) is 13.0 Å². The molecule has 5 nitrogen and oxygen atoms in total. The molecule has 2 N–H and O–H groups in total. The maximum atomic E-state index is 11.9. The average Bonchev–Trinajstić information content (AvgIpc) is 3.21. The molecule has 0 spiro atoms. The van der Waals surface area contributed by atoms with Gasteiger partial charge in [-0.05, 0) is 42.1 Å². The molecule has 0 saturated heterocycles. The molecule has 1 aliphatic rings. The lowest BCUT2D eigenvalue weighted by atomic mass is 10.1. The van der Waals surface area contributed by atoms with Crippen LogP contribution in [-0.2, 0) is 10.4 Å². The second kappa shape index (κ2) is 6.44. The molecule has 0 aliphatic carbocycles. The van der Waals surface area contributed by atoms with E-state index in [1.165, 1.54) is 17.4 Å². The number of aliphatic hydroxyl groups is 1. The summed E-state index contributed by atoms with van der Waals surface area (Å²) in [5.41, 5.74) is -0.231. The summed E-state index contributed by atoms with van der Waals surface area (Å²) in [7, 11) is 0. The molecule has 2 aromatic rings. The fraction of sp³-hybridized carbons (Fsp3) is 0.235. The van der Waals surface area contributed by atoms with Gasteiger partial charge in [0.2, 0.25) is 12.7 Å². The van der Waals surface area contributed by atoms with Gasteiger partial charge in [0.15, 0.2) is 11.5 Å². The van der Waals surface area contributed by atoms with E-state index in [2.05, 4.69) is 5.32 Å². The van der Waals surface area contributed by atoms with Crippen molar-refractivity contribution in [1.29, 1.82) is 0 Å². The summed E-state index contributed by atoms with van der Waals surface area (Å²) >= 11 is 1.46. The summed E-state index contributed by atoms with van der Waals surface area (Å²) in [5.74, 6) is 1.12. The Labute approximate surface area is 138 Å². The normalized spacial score (nSPS) is 15.6. The van der Waals surface area contributed by atoms with E-state index in [0.29, 0.717) is 11.5 Å². The smallest absolute Gasteiger partial charge is 0.244 e. The summed E-state index contributed by atoms with van der Waals surface area (Å²) in [4.78, 5) is 12.7. The molecule has 0 bridgehead atoms. The number of carbonyl (C=O) groups is 1. The number of hydrogen-bond acceptors (Lipinski definition) is 5. The molecule has 1 aliphatic heterocycles. The molecule has 1 aromatic carbocycles. The molecule has 2 heterocycles. The summed E-state index contributed by atoms with van der Waals surface area (Å²) < 4.78 is 10.5. The predicted molar refractivity (Wildman–Crippen MR) is 88.5 cm³/mol. The van der Waals surface area contributed by atoms with E-state index < -0.39 is 5.60 Å². The highest BCUT2D eigenvalue weighted by Crippen LogP contribution is 2.32. The van der Waals surface area contributed by atoms with E-state index in [0.717, 1.165) is 10.4 Å². The third-order valence-corrected chi connectivity index (χ3v) is 4.61. The van der Waals surface area contributed by atoms with Crippen LogP contribution < -0.4 is 14.8 Å². The Morgan fingerprint density at radius 1 is 1.39 bits per heavy atom. The first-order valence-corrected chi connectivity index (χ1v) is 8.04. The first-order valence-electron chi connectivity index (χ1n) is 7.16. The number of rotatable bonds is 5. The lowest BCUT2D eigenvalue weighted by Gasteiger charge is -2.21. The van der Waals surface area contributed by atoms with Gasteiger partial charge >= 0.3 is 0 Å². The third-order valence-electron chi connectivity index (χ3n) is 3.48. The number of nitrogens with one attached hydrogen (secondary N) is 1. The Bertz CT molecular complexity index is 722. The number of carbonyl (C=O) groups excluding carboxylic acids is 1. The summed E-state index contributed by atoms with van der Waals surface area (Å²) in [6.07, 6.45) is 3.12. The van der Waals surface area contributed by atoms with Gasteiger partial charge in [0, 0.05) is 11.0 Å². The number of thiophene rings is 1. The van der Waals surface area contributed by atoms with Crippen molar-refractivity contribution in [3.05, 3.63) is 52.2 Å². The lowest BCUT2D eigenvalue weighted by Crippen LogP contribution is -2.37. The number of amides is 1. The van der Waals surface area contributed by atoms with Crippen molar-refractivity contribution < 1.29 is 19.4 Å². The largest absolute Gasteiger partial charge is 0.454 e. The minimum Gasteiger partial charge on any atom is -0.454 e. The fourth-order valence-electron chi connectivity index (χ4n) is 2.18. The molecule has 1 amide bonds. The van der Waals surface area contributed by atoms with Crippen LogP contribution in [0.4, 0.5) is 0 Å². The van der Waals surface area contributed by atoms with Crippen LogP contribution in [0.15, 0.2) is 41.8 Å². The molecular weight excluding hydrogens is 314 g/mol. The van der Waals surface area contributed by atoms with Crippen LogP contribution in [-0.4, -0.2) is 24.4 Å². The van der Waals surface area contributed by atoms with E-state index in [-0.39, 0.29) is 19.2 Å². The third kappa shape index (κ3) is 3.72. The molecule has 1 aromatic heterocycles. The summed E-state index contributed by atoms with van der Waals surface area (Å²) in [6.45, 7) is 2.05. The average molecular weight is 331 g/mol. The maximum absolute atomic E-state index is 11.9. The van der Waals surface area contributed by atoms with Crippen molar-refractivity contribution in [3.8, 4) is 11.5 Å². The van der Waals surface area contributed by atoms with Gasteiger partial charge in [-0.1, -0.05) is 12.1 Å². The fourth-order valence-corrected chi connectivity index (χ4v) is 2.97. The summed E-state index contributed by atoms with van der Waals surface area (Å²) in [6, 6.07) is 9.18. The zero-order chi connectivity index (χ0) is 16.3. The van der Waals surface area contributed by atoms with Crippen LogP contribution in [0, 0.1) is 0 Å². The van der Waals surface area contributed by atoms with Crippen LogP contribution in [0.3, 0.4) is 0 Å². The van der Waals surface area contributed by atoms with Gasteiger partial charge in [0.1, 0.15) is 5.60 Å². The Morgan fingerprint density at radius 3 is 3.00 bits per heavy atom. The van der Waals surface area contributed by atoms with Crippen LogP contribution in [0.5, 0.6) is 11.5 Å². The Balaban J connectivity index is 1.57. The van der Waals surface area contributed by atoms with Crippen LogP contribution in [0.25, 0.3) is 6.08 Å². The van der Waals surface area contributed by atoms with Gasteiger partial charge in [-0.15, -0.1) is 11.3 Å². The number of hydrogen-bond donors (Lipinski definition) is 2. The molecule has 120 valence electrons. The van der Waals surface area contributed by atoms with Crippen molar-refractivity contribution in [2.24, 2.45) is 0 Å². The topological polar surface area (TPSA) is 67.8 Å². The van der Waals surface area contributed by atoms with Gasteiger partial charge in [-0.2, -0.15) is 0 Å². The molecule has 6 heteroatoms. The van der Waals surface area contributed by atoms with Crippen LogP contribution in [0.2, 0.25) is 0 Å². The Hall–Kier alpha value is -2.31. The zero-order valence-corrected chi connectivity index (χ0v) is 13.4. The van der Waals surface area contributed by atoms with Crippen molar-refractivity contribution in [2.75, 3.05) is 13.3 Å². The van der Waals surface area contributed by atoms with Crippen molar-refractivity contribution in [3.63, 3.8) is 0 Å². The molecule has 3 rings (SSSR count). The minimum absolute atomic E-state index is 0.151. The number of ether oxygens (including phenoxy) is 2. The second-order valence-corrected chi connectivity index (χ2v) is 6.36. The second-order valence-electron chi connectivity index (χ2n) is 5.41. The minimum atomic E-state index is -1.07. The van der Waals surface area contributed by atoms with Crippen LogP contribution >= 0.6 is 11.3 Å². The first kappa shape index (κ1) is 15.6. The number of fused-ring (bicyclic) bond motifs is 1. The Kier molecular flexibility index (Phi) is 4.36. The lowest BCUT2D eigenvalue weighted by molar-refractivity contribution is -0.117. The molecule has 1 atom stereocenters. The van der Waals surface area contributed by atoms with Crippen molar-refractivity contribution in [2.45, 2.75) is 12.5 Å². The van der Waals surface area contributed by atoms with E-state index in [1.807, 2.05) is 35.7 Å². The van der Waals surface area contributed by atoms with E-state index in [9.17, 15) is 9.90 Å². The zero-order valence-electron chi connectivity index (χ0n) is 12.6. The van der Waals surface area contributed by atoms with E-state index in [4.69, 9.17) is 9.47 Å². The first-order chi connectivity index (χ1) is 11.0. The highest BCUT2D eigenvalue weighted by molar-refractivity contribution is 7.10. The molecule has 0 radical (unpaired) electrons. The molecule has 23 heavy (non-hydrogen) atoms. The Morgan fingerprint density at radius 2 is 2.22 bits per heavy atom. The van der Waals surface area contributed by atoms with Gasteiger partial charge in [-0.3, -0.25) is 4.79 Å². The number of benzene rings is 1. The van der Waals surface area contributed by atoms with Crippen LogP contribution in [0.1, 0.15) is 17.4 Å². The van der Waals surface area contributed by atoms with E-state index >= 15 is 0 Å². The van der Waals surface area contributed by atoms with Gasteiger partial charge < -0.3 is 19.9 Å². The van der Waals surface area contributed by atoms with Crippen molar-refractivity contribution in [1.82, 2.24) is 5.32 Å². The summed E-state index contributed by atoms with van der Waals surface area (Å²) in [5, 5.41) is 15.0. The molecule has 0 saturated carbocycles. The molecular formula is C17H17NO4S. The van der Waals surface area contributed by atoms with Gasteiger partial charge in [0.05, 0.1) is 6.54 Å². The van der Waals surface area contributed by atoms with Gasteiger partial charge in [-0.25, -0.2) is 0 Å². The SMILES string of the molecule is CC(O)(CNC(=O)C=Cc1ccc2c(c1)OCO2)c1cccs1. The quantitative estimate of drug-likeness (QED) is 0.826. The maximum Gasteiger partial charge on any atom is 0.244 e. The van der Waals surface area contributed by atoms with Gasteiger partial charge in [0.25, 0.3) is 0 Å².